The van der Waals surface area contributed by atoms with E-state index in [-0.39, 0.29) is 30.3 Å². The van der Waals surface area contributed by atoms with Crippen LogP contribution in [0.25, 0.3) is 0 Å². The van der Waals surface area contributed by atoms with Crippen LogP contribution < -0.4 is 10.6 Å². The summed E-state index contributed by atoms with van der Waals surface area (Å²) in [5.74, 6) is 2.30. The minimum Gasteiger partial charge on any atom is -0.466 e. The lowest BCUT2D eigenvalue weighted by molar-refractivity contribution is -0.132. The van der Waals surface area contributed by atoms with Gasteiger partial charge in [0.15, 0.2) is 0 Å². The Bertz CT molecular complexity index is 632. The molecule has 1 aromatic rings. The molecular weight excluding hydrogens is 366 g/mol. The second kappa shape index (κ2) is 10.1. The molecule has 0 radical (unpaired) electrons. The third-order valence-corrected chi connectivity index (χ3v) is 5.69. The number of nitrogens with one attached hydrogen (secondary N) is 2. The molecule has 1 aromatic heterocycles. The lowest BCUT2D eigenvalue weighted by Gasteiger charge is -2.33. The standard InChI is InChI=1S/C20H31N3O3.ClH/c1-14-13-18(15(2)26-14)20(25)22-17-7-11-23(12-8-17)19(24)4-3-16-5-9-21-10-6-16;/h13,16-17,21H,3-12H2,1-2H3,(H,22,25);1H. The molecule has 6 nitrogen and oxygen atoms in total. The molecule has 3 heterocycles. The summed E-state index contributed by atoms with van der Waals surface area (Å²) in [7, 11) is 0. The van der Waals surface area contributed by atoms with Gasteiger partial charge < -0.3 is 20.0 Å². The fraction of sp³-hybridized carbons (Fsp3) is 0.700. The molecule has 7 heteroatoms. The molecule has 2 saturated heterocycles. The van der Waals surface area contributed by atoms with Gasteiger partial charge in [-0.15, -0.1) is 12.4 Å². The summed E-state index contributed by atoms with van der Waals surface area (Å²) in [4.78, 5) is 26.8. The van der Waals surface area contributed by atoms with E-state index >= 15 is 0 Å². The van der Waals surface area contributed by atoms with Crippen molar-refractivity contribution in [3.8, 4) is 0 Å². The van der Waals surface area contributed by atoms with Crippen molar-refractivity contribution in [2.45, 2.75) is 58.4 Å². The van der Waals surface area contributed by atoms with Gasteiger partial charge in [-0.25, -0.2) is 0 Å². The molecule has 152 valence electrons. The van der Waals surface area contributed by atoms with E-state index in [1.165, 1.54) is 12.8 Å². The van der Waals surface area contributed by atoms with Crippen molar-refractivity contribution >= 4 is 24.2 Å². The van der Waals surface area contributed by atoms with Crippen LogP contribution in [0.15, 0.2) is 10.5 Å². The first-order valence-corrected chi connectivity index (χ1v) is 9.89. The Balaban J connectivity index is 0.00000261. The molecular formula is C20H32ClN3O3. The second-order valence-corrected chi connectivity index (χ2v) is 7.69. The van der Waals surface area contributed by atoms with Gasteiger partial charge in [-0.2, -0.15) is 0 Å². The van der Waals surface area contributed by atoms with Crippen LogP contribution in [-0.2, 0) is 4.79 Å². The number of carbonyl (C=O) groups excluding carboxylic acids is 2. The van der Waals surface area contributed by atoms with Crippen molar-refractivity contribution in [2.24, 2.45) is 5.92 Å². The zero-order valence-electron chi connectivity index (χ0n) is 16.4. The highest BCUT2D eigenvalue weighted by Gasteiger charge is 2.25. The molecule has 0 atom stereocenters. The Hall–Kier alpha value is -1.53. The first kappa shape index (κ1) is 21.8. The number of likely N-dealkylation sites (tertiary alicyclic amines) is 1. The number of carbonyl (C=O) groups is 2. The molecule has 2 N–H and O–H groups in total. The van der Waals surface area contributed by atoms with E-state index in [1.54, 1.807) is 6.07 Å². The topological polar surface area (TPSA) is 74.6 Å². The van der Waals surface area contributed by atoms with E-state index in [2.05, 4.69) is 10.6 Å². The maximum Gasteiger partial charge on any atom is 0.255 e. The van der Waals surface area contributed by atoms with Crippen LogP contribution in [0.5, 0.6) is 0 Å². The van der Waals surface area contributed by atoms with Crippen LogP contribution in [0.2, 0.25) is 0 Å². The normalized spacial score (nSPS) is 18.8. The van der Waals surface area contributed by atoms with Gasteiger partial charge in [-0.05, 0) is 71.0 Å². The monoisotopic (exact) mass is 397 g/mol. The smallest absolute Gasteiger partial charge is 0.255 e. The number of amides is 2. The molecule has 2 aliphatic rings. The molecule has 0 spiro atoms. The summed E-state index contributed by atoms with van der Waals surface area (Å²) >= 11 is 0. The Morgan fingerprint density at radius 1 is 1.19 bits per heavy atom. The van der Waals surface area contributed by atoms with Gasteiger partial charge >= 0.3 is 0 Å². The van der Waals surface area contributed by atoms with Gasteiger partial charge in [0, 0.05) is 25.6 Å². The molecule has 0 aliphatic carbocycles. The quantitative estimate of drug-likeness (QED) is 0.801. The summed E-state index contributed by atoms with van der Waals surface area (Å²) in [5.41, 5.74) is 0.614. The average Bonchev–Trinajstić information content (AvgIpc) is 2.99. The molecule has 3 rings (SSSR count). The van der Waals surface area contributed by atoms with Gasteiger partial charge in [0.05, 0.1) is 5.56 Å². The Morgan fingerprint density at radius 2 is 1.85 bits per heavy atom. The minimum absolute atomic E-state index is 0. The highest BCUT2D eigenvalue weighted by atomic mass is 35.5. The van der Waals surface area contributed by atoms with E-state index < -0.39 is 0 Å². The molecule has 0 unspecified atom stereocenters. The van der Waals surface area contributed by atoms with E-state index in [0.29, 0.717) is 23.7 Å². The van der Waals surface area contributed by atoms with Crippen molar-refractivity contribution in [1.82, 2.24) is 15.5 Å². The minimum atomic E-state index is -0.0740. The van der Waals surface area contributed by atoms with Gasteiger partial charge in [0.25, 0.3) is 5.91 Å². The number of aryl methyl sites for hydroxylation is 2. The number of furan rings is 1. The maximum atomic E-state index is 12.4. The largest absolute Gasteiger partial charge is 0.466 e. The van der Waals surface area contributed by atoms with Crippen LogP contribution in [0, 0.1) is 19.8 Å². The third kappa shape index (κ3) is 5.98. The summed E-state index contributed by atoms with van der Waals surface area (Å²) in [6.45, 7) is 7.29. The predicted molar refractivity (Wildman–Crippen MR) is 107 cm³/mol. The summed E-state index contributed by atoms with van der Waals surface area (Å²) in [6, 6.07) is 1.91. The van der Waals surface area contributed by atoms with Crippen molar-refractivity contribution in [3.63, 3.8) is 0 Å². The Labute approximate surface area is 167 Å². The third-order valence-electron chi connectivity index (χ3n) is 5.69. The lowest BCUT2D eigenvalue weighted by atomic mass is 9.93. The van der Waals surface area contributed by atoms with Gasteiger partial charge in [0.2, 0.25) is 5.91 Å². The summed E-state index contributed by atoms with van der Waals surface area (Å²) in [5, 5.41) is 6.46. The maximum absolute atomic E-state index is 12.4. The molecule has 2 fully saturated rings. The predicted octanol–water partition coefficient (Wildman–Crippen LogP) is 2.82. The zero-order chi connectivity index (χ0) is 18.5. The van der Waals surface area contributed by atoms with Crippen molar-refractivity contribution < 1.29 is 14.0 Å². The van der Waals surface area contributed by atoms with Gasteiger partial charge in [0.1, 0.15) is 11.5 Å². The van der Waals surface area contributed by atoms with Crippen LogP contribution in [-0.4, -0.2) is 48.9 Å². The van der Waals surface area contributed by atoms with E-state index in [9.17, 15) is 9.59 Å². The number of piperidine rings is 2. The second-order valence-electron chi connectivity index (χ2n) is 7.69. The van der Waals surface area contributed by atoms with Crippen LogP contribution >= 0.6 is 12.4 Å². The van der Waals surface area contributed by atoms with Crippen LogP contribution in [0.3, 0.4) is 0 Å². The number of nitrogens with zero attached hydrogens (tertiary/aromatic N) is 1. The first-order chi connectivity index (χ1) is 12.5. The highest BCUT2D eigenvalue weighted by Crippen LogP contribution is 2.20. The number of hydrogen-bond acceptors (Lipinski definition) is 4. The SMILES string of the molecule is Cc1cc(C(=O)NC2CCN(C(=O)CCC3CCNCC3)CC2)c(C)o1.Cl. The molecule has 2 amide bonds. The molecule has 0 saturated carbocycles. The van der Waals surface area contributed by atoms with Gasteiger partial charge in [-0.3, -0.25) is 9.59 Å². The molecule has 0 aromatic carbocycles. The van der Waals surface area contributed by atoms with Crippen molar-refractivity contribution in [3.05, 3.63) is 23.2 Å². The van der Waals surface area contributed by atoms with Crippen molar-refractivity contribution in [1.29, 1.82) is 0 Å². The molecule has 27 heavy (non-hydrogen) atoms. The van der Waals surface area contributed by atoms with E-state index in [0.717, 1.165) is 51.2 Å². The molecule has 2 aliphatic heterocycles. The fourth-order valence-electron chi connectivity index (χ4n) is 4.05. The number of hydrogen-bond donors (Lipinski definition) is 2. The molecule has 0 bridgehead atoms. The van der Waals surface area contributed by atoms with Crippen LogP contribution in [0.1, 0.15) is 60.4 Å². The highest BCUT2D eigenvalue weighted by molar-refractivity contribution is 5.95. The Kier molecular flexibility index (Phi) is 8.17. The van der Waals surface area contributed by atoms with E-state index in [4.69, 9.17) is 4.42 Å². The average molecular weight is 398 g/mol. The number of halogens is 1. The van der Waals surface area contributed by atoms with Gasteiger partial charge in [-0.1, -0.05) is 0 Å². The van der Waals surface area contributed by atoms with E-state index in [1.807, 2.05) is 18.7 Å². The Morgan fingerprint density at radius 3 is 2.44 bits per heavy atom. The summed E-state index contributed by atoms with van der Waals surface area (Å²) in [6.07, 6.45) is 5.69. The lowest BCUT2D eigenvalue weighted by Crippen LogP contribution is -2.46. The fourth-order valence-corrected chi connectivity index (χ4v) is 4.05. The van der Waals surface area contributed by atoms with Crippen LogP contribution in [0.4, 0.5) is 0 Å². The first-order valence-electron chi connectivity index (χ1n) is 9.89. The summed E-state index contributed by atoms with van der Waals surface area (Å²) < 4.78 is 5.43. The zero-order valence-corrected chi connectivity index (χ0v) is 17.2. The number of rotatable bonds is 5. The van der Waals surface area contributed by atoms with Crippen molar-refractivity contribution in [2.75, 3.05) is 26.2 Å².